The Morgan fingerprint density at radius 3 is 2.43 bits per heavy atom. The molecular weight excluding hydrogens is 326 g/mol. The number of hydrogen-bond donors (Lipinski definition) is 0. The minimum absolute atomic E-state index is 0.251. The van der Waals surface area contributed by atoms with E-state index in [0.29, 0.717) is 16.5 Å². The smallest absolute Gasteiger partial charge is 0.207 e. The predicted molar refractivity (Wildman–Crippen MR) is 88.3 cm³/mol. The number of benzene rings is 2. The summed E-state index contributed by atoms with van der Waals surface area (Å²) in [7, 11) is -2.00. The first-order valence-corrected chi connectivity index (χ1v) is 9.33. The molecule has 2 aromatic carbocycles. The van der Waals surface area contributed by atoms with Gasteiger partial charge in [0.25, 0.3) is 0 Å². The highest BCUT2D eigenvalue weighted by Crippen LogP contribution is 2.30. The maximum atomic E-state index is 12.7. The summed E-state index contributed by atoms with van der Waals surface area (Å²) in [4.78, 5) is 0.945. The Morgan fingerprint density at radius 2 is 1.81 bits per heavy atom. The number of rotatable bonds is 5. The Labute approximate surface area is 135 Å². The third kappa shape index (κ3) is 3.80. The highest BCUT2D eigenvalue weighted by atomic mass is 35.5. The van der Waals surface area contributed by atoms with E-state index in [0.717, 1.165) is 5.56 Å². The molecule has 0 spiro atoms. The van der Waals surface area contributed by atoms with Crippen molar-refractivity contribution in [2.75, 3.05) is 13.3 Å². The van der Waals surface area contributed by atoms with Crippen molar-refractivity contribution in [3.05, 3.63) is 59.1 Å². The molecule has 0 unspecified atom stereocenters. The summed E-state index contributed by atoms with van der Waals surface area (Å²) >= 11 is 7.34. The molecule has 112 valence electrons. The van der Waals surface area contributed by atoms with Crippen LogP contribution in [0.15, 0.2) is 58.3 Å². The van der Waals surface area contributed by atoms with E-state index in [9.17, 15) is 8.42 Å². The molecule has 0 aliphatic carbocycles. The van der Waals surface area contributed by atoms with Crippen molar-refractivity contribution in [1.29, 1.82) is 0 Å². The van der Waals surface area contributed by atoms with Crippen molar-refractivity contribution in [3.63, 3.8) is 0 Å². The first kappa shape index (κ1) is 16.4. The van der Waals surface area contributed by atoms with Crippen LogP contribution in [0.25, 0.3) is 0 Å². The van der Waals surface area contributed by atoms with Crippen LogP contribution in [-0.4, -0.2) is 26.0 Å². The van der Waals surface area contributed by atoms with Crippen molar-refractivity contribution in [1.82, 2.24) is 4.31 Å². The van der Waals surface area contributed by atoms with Gasteiger partial charge in [0.15, 0.2) is 0 Å². The molecule has 0 saturated carbocycles. The largest absolute Gasteiger partial charge is 0.244 e. The number of sulfonamides is 1. The van der Waals surface area contributed by atoms with E-state index >= 15 is 0 Å². The molecular formula is C15H16ClNO2S2. The fourth-order valence-corrected chi connectivity index (χ4v) is 4.47. The normalized spacial score (nSPS) is 11.8. The lowest BCUT2D eigenvalue weighted by Crippen LogP contribution is -2.27. The fraction of sp³-hybridized carbons (Fsp3) is 0.200. The van der Waals surface area contributed by atoms with Gasteiger partial charge in [-0.05, 0) is 30.0 Å². The molecule has 0 saturated heterocycles. The van der Waals surface area contributed by atoms with Crippen LogP contribution in [-0.2, 0) is 16.6 Å². The van der Waals surface area contributed by atoms with E-state index < -0.39 is 10.0 Å². The van der Waals surface area contributed by atoms with Crippen molar-refractivity contribution in [3.8, 4) is 0 Å². The zero-order chi connectivity index (χ0) is 15.5. The topological polar surface area (TPSA) is 37.4 Å². The molecule has 2 aromatic rings. The van der Waals surface area contributed by atoms with E-state index in [1.165, 1.54) is 22.1 Å². The van der Waals surface area contributed by atoms with Gasteiger partial charge in [0.1, 0.15) is 0 Å². The second kappa shape index (κ2) is 6.83. The van der Waals surface area contributed by atoms with Crippen LogP contribution in [0.4, 0.5) is 0 Å². The summed E-state index contributed by atoms with van der Waals surface area (Å²) in [6, 6.07) is 14.4. The highest BCUT2D eigenvalue weighted by Gasteiger charge is 2.24. The molecule has 21 heavy (non-hydrogen) atoms. The number of thioether (sulfide) groups is 1. The van der Waals surface area contributed by atoms with Crippen LogP contribution < -0.4 is 0 Å². The quantitative estimate of drug-likeness (QED) is 0.774. The van der Waals surface area contributed by atoms with E-state index in [1.807, 2.05) is 36.6 Å². The van der Waals surface area contributed by atoms with Gasteiger partial charge in [-0.15, -0.1) is 11.8 Å². The van der Waals surface area contributed by atoms with Gasteiger partial charge in [-0.3, -0.25) is 0 Å². The lowest BCUT2D eigenvalue weighted by Gasteiger charge is -2.19. The molecule has 0 fully saturated rings. The van der Waals surface area contributed by atoms with Crippen molar-refractivity contribution < 1.29 is 8.42 Å². The standard InChI is InChI=1S/C15H16ClNO2S2/c1-17(11-12-6-4-3-5-7-12)21(18,19)15-10-13(16)8-9-14(15)20-2/h3-10H,11H2,1-2H3. The van der Waals surface area contributed by atoms with Crippen LogP contribution in [0.1, 0.15) is 5.56 Å². The van der Waals surface area contributed by atoms with E-state index in [4.69, 9.17) is 11.6 Å². The summed E-state index contributed by atoms with van der Waals surface area (Å²) in [6.45, 7) is 0.323. The maximum Gasteiger partial charge on any atom is 0.244 e. The Balaban J connectivity index is 2.35. The van der Waals surface area contributed by atoms with Crippen LogP contribution in [0.2, 0.25) is 5.02 Å². The third-order valence-corrected chi connectivity index (χ3v) is 6.07. The second-order valence-corrected chi connectivity index (χ2v) is 7.84. The zero-order valence-electron chi connectivity index (χ0n) is 11.8. The van der Waals surface area contributed by atoms with Crippen molar-refractivity contribution >= 4 is 33.4 Å². The Morgan fingerprint density at radius 1 is 1.14 bits per heavy atom. The second-order valence-electron chi connectivity index (χ2n) is 4.54. The zero-order valence-corrected chi connectivity index (χ0v) is 14.2. The molecule has 3 nitrogen and oxygen atoms in total. The summed E-state index contributed by atoms with van der Waals surface area (Å²) in [5.74, 6) is 0. The molecule has 0 aromatic heterocycles. The van der Waals surface area contributed by atoms with Gasteiger partial charge >= 0.3 is 0 Å². The molecule has 6 heteroatoms. The lowest BCUT2D eigenvalue weighted by atomic mass is 10.2. The van der Waals surface area contributed by atoms with Crippen molar-refractivity contribution in [2.45, 2.75) is 16.3 Å². The van der Waals surface area contributed by atoms with Crippen LogP contribution in [0.5, 0.6) is 0 Å². The average molecular weight is 342 g/mol. The monoisotopic (exact) mass is 341 g/mol. The van der Waals surface area contributed by atoms with E-state index in [-0.39, 0.29) is 4.90 Å². The average Bonchev–Trinajstić information content (AvgIpc) is 2.48. The van der Waals surface area contributed by atoms with Gasteiger partial charge in [-0.2, -0.15) is 4.31 Å². The van der Waals surface area contributed by atoms with Gasteiger partial charge in [0, 0.05) is 23.5 Å². The van der Waals surface area contributed by atoms with Crippen molar-refractivity contribution in [2.24, 2.45) is 0 Å². The summed E-state index contributed by atoms with van der Waals surface area (Å²) < 4.78 is 26.8. The van der Waals surface area contributed by atoms with Gasteiger partial charge in [-0.25, -0.2) is 8.42 Å². The van der Waals surface area contributed by atoms with Crippen LogP contribution >= 0.6 is 23.4 Å². The minimum Gasteiger partial charge on any atom is -0.207 e. The number of halogens is 1. The Bertz CT molecular complexity index is 718. The molecule has 0 bridgehead atoms. The Kier molecular flexibility index (Phi) is 5.32. The van der Waals surface area contributed by atoms with Gasteiger partial charge in [-0.1, -0.05) is 41.9 Å². The molecule has 0 atom stereocenters. The summed E-state index contributed by atoms with van der Waals surface area (Å²) in [5, 5.41) is 0.416. The van der Waals surface area contributed by atoms with Crippen LogP contribution in [0.3, 0.4) is 0 Å². The highest BCUT2D eigenvalue weighted by molar-refractivity contribution is 7.99. The Hall–Kier alpha value is -1.01. The molecule has 0 heterocycles. The molecule has 0 aliphatic heterocycles. The van der Waals surface area contributed by atoms with E-state index in [1.54, 1.807) is 19.2 Å². The SMILES string of the molecule is CSc1ccc(Cl)cc1S(=O)(=O)N(C)Cc1ccccc1. The molecule has 0 aliphatic rings. The summed E-state index contributed by atoms with van der Waals surface area (Å²) in [5.41, 5.74) is 0.941. The van der Waals surface area contributed by atoms with E-state index in [2.05, 4.69) is 0 Å². The van der Waals surface area contributed by atoms with Gasteiger partial charge < -0.3 is 0 Å². The first-order valence-electron chi connectivity index (χ1n) is 6.29. The van der Waals surface area contributed by atoms with Crippen LogP contribution in [0, 0.1) is 0 Å². The summed E-state index contributed by atoms with van der Waals surface area (Å²) in [6.07, 6.45) is 1.85. The first-order chi connectivity index (χ1) is 9.95. The molecule has 0 amide bonds. The number of hydrogen-bond acceptors (Lipinski definition) is 3. The molecule has 2 rings (SSSR count). The molecule has 0 radical (unpaired) electrons. The lowest BCUT2D eigenvalue weighted by molar-refractivity contribution is 0.465. The van der Waals surface area contributed by atoms with Gasteiger partial charge in [0.2, 0.25) is 10.0 Å². The van der Waals surface area contributed by atoms with Gasteiger partial charge in [0.05, 0.1) is 4.90 Å². The maximum absolute atomic E-state index is 12.7. The number of nitrogens with zero attached hydrogens (tertiary/aromatic N) is 1. The predicted octanol–water partition coefficient (Wildman–Crippen LogP) is 3.88. The third-order valence-electron chi connectivity index (χ3n) is 3.06. The molecule has 0 N–H and O–H groups in total. The fourth-order valence-electron chi connectivity index (χ4n) is 1.95. The minimum atomic E-state index is -3.57.